The molecule has 17 heavy (non-hydrogen) atoms. The first-order chi connectivity index (χ1) is 7.99. The molecule has 5 nitrogen and oxygen atoms in total. The van der Waals surface area contributed by atoms with E-state index in [1.54, 1.807) is 0 Å². The second-order valence-electron chi connectivity index (χ2n) is 5.61. The molecular weight excluding hydrogens is 220 g/mol. The third kappa shape index (κ3) is 2.44. The number of carboxylic acids is 1. The van der Waals surface area contributed by atoms with Gasteiger partial charge in [-0.15, -0.1) is 0 Å². The molecule has 1 aliphatic carbocycles. The molecule has 1 aliphatic heterocycles. The number of aliphatic carboxylic acids is 1. The summed E-state index contributed by atoms with van der Waals surface area (Å²) in [5.41, 5.74) is -1.05. The number of carbonyl (C=O) groups is 2. The molecule has 5 heteroatoms. The molecule has 0 bridgehead atoms. The standard InChI is InChI=1S/C12H20N2O3/c1-11(3-2-6-13-7-11)9(15)14-8-12(4-5-12)10(16)17/h13H,2-8H2,1H3,(H,14,15)(H,16,17). The predicted molar refractivity (Wildman–Crippen MR) is 62.5 cm³/mol. The van der Waals surface area contributed by atoms with E-state index in [0.29, 0.717) is 19.4 Å². The molecule has 0 radical (unpaired) electrons. The second kappa shape index (κ2) is 4.29. The fraction of sp³-hybridized carbons (Fsp3) is 0.833. The lowest BCUT2D eigenvalue weighted by atomic mass is 9.82. The van der Waals surface area contributed by atoms with Crippen LogP contribution < -0.4 is 10.6 Å². The van der Waals surface area contributed by atoms with E-state index in [-0.39, 0.29) is 17.9 Å². The van der Waals surface area contributed by atoms with Gasteiger partial charge in [-0.1, -0.05) is 0 Å². The summed E-state index contributed by atoms with van der Waals surface area (Å²) in [4.78, 5) is 23.1. The summed E-state index contributed by atoms with van der Waals surface area (Å²) in [6, 6.07) is 0. The van der Waals surface area contributed by atoms with Gasteiger partial charge in [0.15, 0.2) is 0 Å². The van der Waals surface area contributed by atoms with Crippen LogP contribution in [0.3, 0.4) is 0 Å². The van der Waals surface area contributed by atoms with Gasteiger partial charge in [0.2, 0.25) is 5.91 Å². The van der Waals surface area contributed by atoms with E-state index in [2.05, 4.69) is 10.6 Å². The Labute approximate surface area is 101 Å². The highest BCUT2D eigenvalue weighted by atomic mass is 16.4. The van der Waals surface area contributed by atoms with Gasteiger partial charge in [-0.3, -0.25) is 9.59 Å². The molecule has 96 valence electrons. The van der Waals surface area contributed by atoms with E-state index in [9.17, 15) is 9.59 Å². The molecule has 2 rings (SSSR count). The summed E-state index contributed by atoms with van der Waals surface area (Å²) in [6.07, 6.45) is 3.22. The highest BCUT2D eigenvalue weighted by Gasteiger charge is 2.51. The summed E-state index contributed by atoms with van der Waals surface area (Å²) in [5, 5.41) is 15.1. The second-order valence-corrected chi connectivity index (χ2v) is 5.61. The fourth-order valence-corrected chi connectivity index (χ4v) is 2.33. The highest BCUT2D eigenvalue weighted by Crippen LogP contribution is 2.45. The molecule has 1 heterocycles. The lowest BCUT2D eigenvalue weighted by Crippen LogP contribution is -2.50. The summed E-state index contributed by atoms with van der Waals surface area (Å²) < 4.78 is 0. The molecule has 1 amide bonds. The molecule has 2 aliphatic rings. The van der Waals surface area contributed by atoms with Crippen molar-refractivity contribution in [1.82, 2.24) is 10.6 Å². The minimum Gasteiger partial charge on any atom is -0.481 e. The molecular formula is C12H20N2O3. The Morgan fingerprint density at radius 2 is 2.06 bits per heavy atom. The number of piperidine rings is 1. The van der Waals surface area contributed by atoms with Crippen LogP contribution in [0.5, 0.6) is 0 Å². The van der Waals surface area contributed by atoms with E-state index in [0.717, 1.165) is 19.4 Å². The van der Waals surface area contributed by atoms with Crippen molar-refractivity contribution in [2.75, 3.05) is 19.6 Å². The number of rotatable bonds is 4. The molecule has 1 unspecified atom stereocenters. The number of hydrogen-bond acceptors (Lipinski definition) is 3. The van der Waals surface area contributed by atoms with E-state index >= 15 is 0 Å². The van der Waals surface area contributed by atoms with Crippen LogP contribution >= 0.6 is 0 Å². The monoisotopic (exact) mass is 240 g/mol. The van der Waals surface area contributed by atoms with Crippen molar-refractivity contribution in [3.8, 4) is 0 Å². The summed E-state index contributed by atoms with van der Waals surface area (Å²) in [7, 11) is 0. The molecule has 0 aromatic rings. The minimum absolute atomic E-state index is 0.0165. The van der Waals surface area contributed by atoms with Crippen molar-refractivity contribution in [2.24, 2.45) is 10.8 Å². The Bertz CT molecular complexity index is 331. The number of hydrogen-bond donors (Lipinski definition) is 3. The summed E-state index contributed by atoms with van der Waals surface area (Å²) >= 11 is 0. The minimum atomic E-state index is -0.787. The van der Waals surface area contributed by atoms with Crippen LogP contribution in [-0.4, -0.2) is 36.6 Å². The maximum Gasteiger partial charge on any atom is 0.311 e. The molecule has 0 aromatic carbocycles. The van der Waals surface area contributed by atoms with Crippen LogP contribution in [0.2, 0.25) is 0 Å². The first kappa shape index (κ1) is 12.4. The molecule has 1 atom stereocenters. The Hall–Kier alpha value is -1.10. The van der Waals surface area contributed by atoms with Crippen molar-refractivity contribution in [1.29, 1.82) is 0 Å². The Balaban J connectivity index is 1.87. The summed E-state index contributed by atoms with van der Waals surface area (Å²) in [5.74, 6) is -0.804. The number of carbonyl (C=O) groups excluding carboxylic acids is 1. The van der Waals surface area contributed by atoms with Gasteiger partial charge in [0.25, 0.3) is 0 Å². The largest absolute Gasteiger partial charge is 0.481 e. The normalized spacial score (nSPS) is 30.6. The molecule has 3 N–H and O–H groups in total. The first-order valence-corrected chi connectivity index (χ1v) is 6.21. The van der Waals surface area contributed by atoms with Gasteiger partial charge in [0.1, 0.15) is 0 Å². The van der Waals surface area contributed by atoms with Crippen LogP contribution in [0.25, 0.3) is 0 Å². The van der Waals surface area contributed by atoms with Crippen LogP contribution in [0.15, 0.2) is 0 Å². The van der Waals surface area contributed by atoms with Gasteiger partial charge >= 0.3 is 5.97 Å². The zero-order valence-electron chi connectivity index (χ0n) is 10.2. The third-order valence-corrected chi connectivity index (χ3v) is 4.04. The Morgan fingerprint density at radius 1 is 1.35 bits per heavy atom. The average Bonchev–Trinajstić information content (AvgIpc) is 3.08. The smallest absolute Gasteiger partial charge is 0.311 e. The van der Waals surface area contributed by atoms with E-state index in [4.69, 9.17) is 5.11 Å². The molecule has 0 spiro atoms. The maximum absolute atomic E-state index is 12.1. The van der Waals surface area contributed by atoms with E-state index in [1.807, 2.05) is 6.92 Å². The van der Waals surface area contributed by atoms with Crippen molar-refractivity contribution in [3.05, 3.63) is 0 Å². The van der Waals surface area contributed by atoms with Gasteiger partial charge < -0.3 is 15.7 Å². The zero-order valence-corrected chi connectivity index (χ0v) is 10.2. The van der Waals surface area contributed by atoms with Gasteiger partial charge in [-0.25, -0.2) is 0 Å². The van der Waals surface area contributed by atoms with E-state index in [1.165, 1.54) is 0 Å². The summed E-state index contributed by atoms with van der Waals surface area (Å²) in [6.45, 7) is 3.85. The van der Waals surface area contributed by atoms with Gasteiger partial charge in [-0.05, 0) is 39.2 Å². The van der Waals surface area contributed by atoms with Crippen molar-refractivity contribution < 1.29 is 14.7 Å². The van der Waals surface area contributed by atoms with Crippen LogP contribution in [0.4, 0.5) is 0 Å². The SMILES string of the molecule is CC1(C(=O)NCC2(C(=O)O)CC2)CCCNC1. The average molecular weight is 240 g/mol. The van der Waals surface area contributed by atoms with Gasteiger partial charge in [-0.2, -0.15) is 0 Å². The van der Waals surface area contributed by atoms with Crippen LogP contribution in [0.1, 0.15) is 32.6 Å². The van der Waals surface area contributed by atoms with Crippen molar-refractivity contribution in [2.45, 2.75) is 32.6 Å². The number of nitrogens with one attached hydrogen (secondary N) is 2. The lowest BCUT2D eigenvalue weighted by Gasteiger charge is -2.33. The lowest BCUT2D eigenvalue weighted by molar-refractivity contribution is -0.143. The molecule has 1 saturated heterocycles. The van der Waals surface area contributed by atoms with Gasteiger partial charge in [0, 0.05) is 13.1 Å². The number of amides is 1. The Morgan fingerprint density at radius 3 is 2.53 bits per heavy atom. The van der Waals surface area contributed by atoms with Gasteiger partial charge in [0.05, 0.1) is 10.8 Å². The Kier molecular flexibility index (Phi) is 3.12. The highest BCUT2D eigenvalue weighted by molar-refractivity contribution is 5.84. The molecule has 1 saturated carbocycles. The molecule has 2 fully saturated rings. The quantitative estimate of drug-likeness (QED) is 0.663. The fourth-order valence-electron chi connectivity index (χ4n) is 2.33. The van der Waals surface area contributed by atoms with Crippen LogP contribution in [0, 0.1) is 10.8 Å². The zero-order chi connectivity index (χ0) is 12.5. The molecule has 0 aromatic heterocycles. The maximum atomic E-state index is 12.1. The van der Waals surface area contributed by atoms with E-state index < -0.39 is 11.4 Å². The van der Waals surface area contributed by atoms with Crippen molar-refractivity contribution >= 4 is 11.9 Å². The predicted octanol–water partition coefficient (Wildman–Crippen LogP) is 0.357. The van der Waals surface area contributed by atoms with Crippen molar-refractivity contribution in [3.63, 3.8) is 0 Å². The third-order valence-electron chi connectivity index (χ3n) is 4.04. The topological polar surface area (TPSA) is 78.4 Å². The first-order valence-electron chi connectivity index (χ1n) is 6.21. The van der Waals surface area contributed by atoms with Crippen LogP contribution in [-0.2, 0) is 9.59 Å². The number of carboxylic acid groups (broad SMARTS) is 1.